The van der Waals surface area contributed by atoms with Crippen molar-refractivity contribution in [2.45, 2.75) is 6.92 Å². The van der Waals surface area contributed by atoms with Gasteiger partial charge in [0.1, 0.15) is 5.76 Å². The minimum absolute atomic E-state index is 0.0685. The predicted octanol–water partition coefficient (Wildman–Crippen LogP) is 1.27. The number of amides is 1. The molecule has 0 radical (unpaired) electrons. The van der Waals surface area contributed by atoms with Crippen LogP contribution in [0.4, 0.5) is 10.2 Å². The summed E-state index contributed by atoms with van der Waals surface area (Å²) in [5, 5.41) is 3.51. The fourth-order valence-electron chi connectivity index (χ4n) is 1.13. The zero-order valence-electron chi connectivity index (χ0n) is 8.90. The molecule has 0 unspecified atom stereocenters. The van der Waals surface area contributed by atoms with Crippen LogP contribution in [0, 0.1) is 12.7 Å². The molecule has 0 aliphatic heterocycles. The van der Waals surface area contributed by atoms with Gasteiger partial charge >= 0.3 is 0 Å². The van der Waals surface area contributed by atoms with E-state index in [1.807, 2.05) is 0 Å². The van der Waals surface area contributed by atoms with Gasteiger partial charge in [0.25, 0.3) is 5.91 Å². The molecular formula is C10H9FN4O2. The van der Waals surface area contributed by atoms with Crippen molar-refractivity contribution in [1.82, 2.24) is 15.6 Å². The summed E-state index contributed by atoms with van der Waals surface area (Å²) in [5.74, 6) is -0.656. The molecule has 0 atom stereocenters. The second-order valence-electron chi connectivity index (χ2n) is 3.24. The van der Waals surface area contributed by atoms with Crippen LogP contribution in [-0.4, -0.2) is 16.0 Å². The zero-order valence-corrected chi connectivity index (χ0v) is 8.90. The van der Waals surface area contributed by atoms with Gasteiger partial charge in [-0.25, -0.2) is 9.37 Å². The molecule has 0 aromatic carbocycles. The summed E-state index contributed by atoms with van der Waals surface area (Å²) in [6.45, 7) is 1.66. The summed E-state index contributed by atoms with van der Waals surface area (Å²) in [5.41, 5.74) is 4.71. The Bertz CT molecular complexity index is 541. The first-order chi connectivity index (χ1) is 8.16. The number of nitrogens with zero attached hydrogens (tertiary/aromatic N) is 2. The molecule has 2 aromatic heterocycles. The molecule has 0 spiro atoms. The van der Waals surface area contributed by atoms with E-state index < -0.39 is 11.7 Å². The van der Waals surface area contributed by atoms with Crippen LogP contribution in [-0.2, 0) is 0 Å². The molecule has 17 heavy (non-hydrogen) atoms. The van der Waals surface area contributed by atoms with Gasteiger partial charge in [-0.05, 0) is 19.1 Å². The minimum atomic E-state index is -0.566. The number of carbonyl (C=O) groups is 1. The molecule has 2 N–H and O–H groups in total. The first kappa shape index (κ1) is 11.1. The molecule has 2 rings (SSSR count). The van der Waals surface area contributed by atoms with E-state index in [2.05, 4.69) is 21.0 Å². The average molecular weight is 236 g/mol. The van der Waals surface area contributed by atoms with E-state index in [1.165, 1.54) is 24.4 Å². The molecule has 0 aliphatic carbocycles. The fourth-order valence-corrected chi connectivity index (χ4v) is 1.13. The summed E-state index contributed by atoms with van der Waals surface area (Å²) in [6, 6.07) is 4.14. The van der Waals surface area contributed by atoms with E-state index in [0.29, 0.717) is 5.76 Å². The van der Waals surface area contributed by atoms with Gasteiger partial charge in [0, 0.05) is 12.3 Å². The molecule has 88 valence electrons. The van der Waals surface area contributed by atoms with Crippen LogP contribution in [0.5, 0.6) is 0 Å². The molecule has 1 amide bonds. The number of aryl methyl sites for hydroxylation is 1. The van der Waals surface area contributed by atoms with Crippen LogP contribution in [0.1, 0.15) is 16.2 Å². The van der Waals surface area contributed by atoms with Crippen LogP contribution < -0.4 is 10.9 Å². The lowest BCUT2D eigenvalue weighted by Gasteiger charge is -2.05. The second kappa shape index (κ2) is 4.60. The maximum atomic E-state index is 13.1. The number of hydrogen-bond donors (Lipinski definition) is 2. The minimum Gasteiger partial charge on any atom is -0.361 e. The molecule has 0 aliphatic rings. The monoisotopic (exact) mass is 236 g/mol. The topological polar surface area (TPSA) is 80.0 Å². The van der Waals surface area contributed by atoms with Crippen molar-refractivity contribution in [2.24, 2.45) is 0 Å². The maximum Gasteiger partial charge on any atom is 0.291 e. The quantitative estimate of drug-likeness (QED) is 0.784. The zero-order chi connectivity index (χ0) is 12.3. The number of rotatable bonds is 3. The Morgan fingerprint density at radius 1 is 1.53 bits per heavy atom. The van der Waals surface area contributed by atoms with E-state index in [1.54, 1.807) is 6.92 Å². The van der Waals surface area contributed by atoms with Crippen LogP contribution in [0.25, 0.3) is 0 Å². The molecule has 0 saturated heterocycles. The summed E-state index contributed by atoms with van der Waals surface area (Å²) in [4.78, 5) is 15.2. The number of hydrazine groups is 1. The third kappa shape index (κ3) is 2.57. The predicted molar refractivity (Wildman–Crippen MR) is 56.5 cm³/mol. The van der Waals surface area contributed by atoms with Gasteiger partial charge in [-0.2, -0.15) is 0 Å². The number of anilines is 1. The van der Waals surface area contributed by atoms with E-state index in [9.17, 15) is 9.18 Å². The van der Waals surface area contributed by atoms with Crippen molar-refractivity contribution in [3.05, 3.63) is 41.7 Å². The molecule has 2 heterocycles. The Balaban J connectivity index is 1.99. The van der Waals surface area contributed by atoms with Gasteiger partial charge in [0.2, 0.25) is 0 Å². The standard InChI is InChI=1S/C10H9FN4O2/c1-6-5-8(15-17-6)10(16)14-13-9-7(11)3-2-4-12-9/h2-5H,1H3,(H,12,13)(H,14,16). The lowest BCUT2D eigenvalue weighted by molar-refractivity contribution is 0.0953. The van der Waals surface area contributed by atoms with Crippen LogP contribution in [0.3, 0.4) is 0 Å². The second-order valence-corrected chi connectivity index (χ2v) is 3.24. The van der Waals surface area contributed by atoms with E-state index in [4.69, 9.17) is 4.52 Å². The highest BCUT2D eigenvalue weighted by Crippen LogP contribution is 2.07. The third-order valence-corrected chi connectivity index (χ3v) is 1.91. The molecule has 6 nitrogen and oxygen atoms in total. The molecule has 7 heteroatoms. The van der Waals surface area contributed by atoms with E-state index in [0.717, 1.165) is 0 Å². The van der Waals surface area contributed by atoms with Crippen molar-refractivity contribution in [3.8, 4) is 0 Å². The SMILES string of the molecule is Cc1cc(C(=O)NNc2ncccc2F)no1. The number of hydrogen-bond acceptors (Lipinski definition) is 5. The summed E-state index contributed by atoms with van der Waals surface area (Å²) >= 11 is 0. The maximum absolute atomic E-state index is 13.1. The summed E-state index contributed by atoms with van der Waals surface area (Å²) < 4.78 is 17.9. The number of nitrogens with one attached hydrogen (secondary N) is 2. The largest absolute Gasteiger partial charge is 0.361 e. The number of carbonyl (C=O) groups excluding carboxylic acids is 1. The van der Waals surface area contributed by atoms with Gasteiger partial charge < -0.3 is 4.52 Å². The highest BCUT2D eigenvalue weighted by molar-refractivity contribution is 5.92. The number of halogens is 1. The molecule has 0 bridgehead atoms. The Morgan fingerprint density at radius 3 is 3.00 bits per heavy atom. The molecule has 0 fully saturated rings. The lowest BCUT2D eigenvalue weighted by Crippen LogP contribution is -2.30. The van der Waals surface area contributed by atoms with Gasteiger partial charge in [0.15, 0.2) is 17.3 Å². The normalized spacial score (nSPS) is 10.0. The average Bonchev–Trinajstić information content (AvgIpc) is 2.74. The third-order valence-electron chi connectivity index (χ3n) is 1.91. The Kier molecular flexibility index (Phi) is 2.99. The summed E-state index contributed by atoms with van der Waals surface area (Å²) in [6.07, 6.45) is 1.40. The van der Waals surface area contributed by atoms with Gasteiger partial charge in [-0.1, -0.05) is 5.16 Å². The Morgan fingerprint density at radius 2 is 2.35 bits per heavy atom. The van der Waals surface area contributed by atoms with Crippen LogP contribution >= 0.6 is 0 Å². The Hall–Kier alpha value is -2.44. The molecule has 0 saturated carbocycles. The first-order valence-electron chi connectivity index (χ1n) is 4.77. The fraction of sp³-hybridized carbons (Fsp3) is 0.100. The lowest BCUT2D eigenvalue weighted by atomic mass is 10.4. The highest BCUT2D eigenvalue weighted by atomic mass is 19.1. The van der Waals surface area contributed by atoms with Crippen molar-refractivity contribution in [1.29, 1.82) is 0 Å². The Labute approximate surface area is 95.8 Å². The number of pyridine rings is 1. The van der Waals surface area contributed by atoms with Crippen molar-refractivity contribution in [2.75, 3.05) is 5.43 Å². The first-order valence-corrected chi connectivity index (χ1v) is 4.77. The van der Waals surface area contributed by atoms with Crippen LogP contribution in [0.15, 0.2) is 28.9 Å². The van der Waals surface area contributed by atoms with Crippen LogP contribution in [0.2, 0.25) is 0 Å². The van der Waals surface area contributed by atoms with Gasteiger partial charge in [0.05, 0.1) is 0 Å². The number of aromatic nitrogens is 2. The smallest absolute Gasteiger partial charge is 0.291 e. The molecular weight excluding hydrogens is 227 g/mol. The summed E-state index contributed by atoms with van der Waals surface area (Å²) in [7, 11) is 0. The van der Waals surface area contributed by atoms with E-state index in [-0.39, 0.29) is 11.5 Å². The van der Waals surface area contributed by atoms with Gasteiger partial charge in [-0.15, -0.1) is 0 Å². The van der Waals surface area contributed by atoms with Crippen molar-refractivity contribution >= 4 is 11.7 Å². The van der Waals surface area contributed by atoms with E-state index >= 15 is 0 Å². The van der Waals surface area contributed by atoms with Crippen molar-refractivity contribution < 1.29 is 13.7 Å². The van der Waals surface area contributed by atoms with Gasteiger partial charge in [-0.3, -0.25) is 15.6 Å². The van der Waals surface area contributed by atoms with Crippen molar-refractivity contribution in [3.63, 3.8) is 0 Å². The highest BCUT2D eigenvalue weighted by Gasteiger charge is 2.11. The molecule has 2 aromatic rings.